The number of alkyl halides is 3. The molecule has 4 nitrogen and oxygen atoms in total. The molecule has 0 N–H and O–H groups in total. The number of allylic oxidation sites excluding steroid dienone is 4. The van der Waals surface area contributed by atoms with Crippen LogP contribution in [0.25, 0.3) is 89.5 Å². The van der Waals surface area contributed by atoms with E-state index in [2.05, 4.69) is 105 Å². The van der Waals surface area contributed by atoms with Crippen LogP contribution in [0.15, 0.2) is 169 Å². The fourth-order valence-corrected chi connectivity index (χ4v) is 8.86. The Labute approximate surface area is 358 Å². The van der Waals surface area contributed by atoms with Crippen molar-refractivity contribution in [1.29, 1.82) is 0 Å². The predicted octanol–water partition coefficient (Wildman–Crippen LogP) is 14.8. The summed E-state index contributed by atoms with van der Waals surface area (Å²) >= 11 is 0. The number of nitrogens with zero attached hydrogens (tertiary/aromatic N) is 4. The summed E-state index contributed by atoms with van der Waals surface area (Å²) in [6, 6.07) is 51.8. The molecule has 0 bridgehead atoms. The molecule has 0 atom stereocenters. The van der Waals surface area contributed by atoms with Gasteiger partial charge in [-0.05, 0) is 97.8 Å². The quantitative estimate of drug-likeness (QED) is 0.161. The van der Waals surface area contributed by atoms with Crippen LogP contribution < -0.4 is 0 Å². The molecule has 2 aromatic heterocycles. The first-order valence-electron chi connectivity index (χ1n) is 20.7. The Morgan fingerprint density at radius 1 is 0.452 bits per heavy atom. The zero-order chi connectivity index (χ0) is 42.7. The minimum atomic E-state index is -4.42. The SMILES string of the molecule is Cc1cc(C)cc(-c2ccc3c4ccc(-c5cc(C)cc(C)c5)cc4n(-c4cc(C5=CCC(C(F)(F)F)=C5)ccc4-c4nc(-c5ccccc5)nc(-c5ccccc5)n4)c3c2)c1. The van der Waals surface area contributed by atoms with Gasteiger partial charge in [0.2, 0.25) is 0 Å². The average Bonchev–Trinajstić information content (AvgIpc) is 3.90. The van der Waals surface area contributed by atoms with Gasteiger partial charge in [0.05, 0.1) is 16.7 Å². The molecule has 10 rings (SSSR count). The van der Waals surface area contributed by atoms with Crippen molar-refractivity contribution < 1.29 is 13.2 Å². The summed E-state index contributed by atoms with van der Waals surface area (Å²) in [5, 5.41) is 2.09. The van der Waals surface area contributed by atoms with E-state index in [0.717, 1.165) is 60.9 Å². The maximum atomic E-state index is 14.1. The smallest absolute Gasteiger partial charge is 0.308 e. The molecule has 1 aliphatic rings. The van der Waals surface area contributed by atoms with Crippen molar-refractivity contribution in [2.75, 3.05) is 0 Å². The van der Waals surface area contributed by atoms with Crippen LogP contribution in [0, 0.1) is 27.7 Å². The largest absolute Gasteiger partial charge is 0.413 e. The van der Waals surface area contributed by atoms with Crippen LogP contribution in [0.1, 0.15) is 34.2 Å². The molecule has 0 amide bonds. The third-order valence-corrected chi connectivity index (χ3v) is 11.6. The van der Waals surface area contributed by atoms with Crippen LogP contribution in [-0.4, -0.2) is 25.7 Å². The van der Waals surface area contributed by atoms with E-state index in [-0.39, 0.29) is 6.42 Å². The summed E-state index contributed by atoms with van der Waals surface area (Å²) in [5.41, 5.74) is 14.6. The van der Waals surface area contributed by atoms with Crippen LogP contribution in [0.5, 0.6) is 0 Å². The van der Waals surface area contributed by atoms with E-state index in [1.54, 1.807) is 6.08 Å². The summed E-state index contributed by atoms with van der Waals surface area (Å²) in [6.07, 6.45) is -1.67. The van der Waals surface area contributed by atoms with Crippen molar-refractivity contribution in [1.82, 2.24) is 19.5 Å². The molecule has 0 unspecified atom stereocenters. The molecule has 0 radical (unpaired) electrons. The lowest BCUT2D eigenvalue weighted by Crippen LogP contribution is -2.09. The number of rotatable bonds is 7. The highest BCUT2D eigenvalue weighted by molar-refractivity contribution is 6.11. The number of hydrogen-bond donors (Lipinski definition) is 0. The van der Waals surface area contributed by atoms with Gasteiger partial charge in [-0.15, -0.1) is 0 Å². The van der Waals surface area contributed by atoms with E-state index in [1.165, 1.54) is 28.3 Å². The molecule has 0 spiro atoms. The zero-order valence-corrected chi connectivity index (χ0v) is 34.7. The number of aromatic nitrogens is 4. The second kappa shape index (κ2) is 15.3. The number of aryl methyl sites for hydroxylation is 4. The van der Waals surface area contributed by atoms with Gasteiger partial charge in [-0.1, -0.05) is 156 Å². The van der Waals surface area contributed by atoms with Gasteiger partial charge in [-0.2, -0.15) is 13.2 Å². The molecule has 7 aromatic carbocycles. The molecular formula is C55H41F3N4. The summed E-state index contributed by atoms with van der Waals surface area (Å²) in [5.74, 6) is 1.46. The topological polar surface area (TPSA) is 43.6 Å². The van der Waals surface area contributed by atoms with Gasteiger partial charge in [0.25, 0.3) is 0 Å². The second-order valence-corrected chi connectivity index (χ2v) is 16.4. The minimum Gasteiger partial charge on any atom is -0.308 e. The summed E-state index contributed by atoms with van der Waals surface area (Å²) in [6.45, 7) is 8.43. The lowest BCUT2D eigenvalue weighted by Gasteiger charge is -2.17. The van der Waals surface area contributed by atoms with Crippen LogP contribution >= 0.6 is 0 Å². The molecular weight excluding hydrogens is 774 g/mol. The number of halogens is 3. The summed E-state index contributed by atoms with van der Waals surface area (Å²) in [4.78, 5) is 15.3. The lowest BCUT2D eigenvalue weighted by molar-refractivity contribution is -0.0925. The Hall–Kier alpha value is -7.38. The summed E-state index contributed by atoms with van der Waals surface area (Å²) in [7, 11) is 0. The first-order chi connectivity index (χ1) is 29.9. The van der Waals surface area contributed by atoms with Gasteiger partial charge in [-0.25, -0.2) is 15.0 Å². The lowest BCUT2D eigenvalue weighted by atomic mass is 9.98. The van der Waals surface area contributed by atoms with Crippen LogP contribution in [0.3, 0.4) is 0 Å². The molecule has 7 heteroatoms. The Kier molecular flexibility index (Phi) is 9.55. The van der Waals surface area contributed by atoms with Crippen LogP contribution in [-0.2, 0) is 0 Å². The number of fused-ring (bicyclic) bond motifs is 3. The van der Waals surface area contributed by atoms with Crippen LogP contribution in [0.2, 0.25) is 0 Å². The Balaban J connectivity index is 1.31. The number of benzene rings is 7. The minimum absolute atomic E-state index is 0.182. The third kappa shape index (κ3) is 7.30. The molecule has 2 heterocycles. The molecule has 1 aliphatic carbocycles. The van der Waals surface area contributed by atoms with Crippen LogP contribution in [0.4, 0.5) is 13.2 Å². The van der Waals surface area contributed by atoms with Crippen molar-refractivity contribution in [3.05, 3.63) is 197 Å². The molecule has 9 aromatic rings. The van der Waals surface area contributed by atoms with Crippen molar-refractivity contribution in [2.45, 2.75) is 40.3 Å². The van der Waals surface area contributed by atoms with E-state index in [9.17, 15) is 13.2 Å². The highest BCUT2D eigenvalue weighted by atomic mass is 19.4. The normalized spacial score (nSPS) is 12.9. The molecule has 0 saturated carbocycles. The standard InChI is InChI=1S/C55H41F3N4/c1-33-23-34(2)26-43(25-33)41-16-20-46-47-21-17-42(44-27-35(3)24-36(4)28-44)32-50(47)62(49(46)31-41)51-30-40(39-15-19-45(29-39)55(56,57)58)18-22-48(51)54-60-52(37-11-7-5-8-12-37)59-53(61-54)38-13-9-6-10-14-38/h5-18,20-32H,19H2,1-4H3. The van der Waals surface area contributed by atoms with Crippen molar-refractivity contribution >= 4 is 27.4 Å². The van der Waals surface area contributed by atoms with Crippen molar-refractivity contribution in [3.8, 4) is 62.1 Å². The molecule has 302 valence electrons. The molecule has 0 saturated heterocycles. The van der Waals surface area contributed by atoms with Gasteiger partial charge in [-0.3, -0.25) is 0 Å². The Bertz CT molecular complexity index is 3080. The van der Waals surface area contributed by atoms with Gasteiger partial charge in [0.15, 0.2) is 17.5 Å². The predicted molar refractivity (Wildman–Crippen MR) is 247 cm³/mol. The monoisotopic (exact) mass is 814 g/mol. The van der Waals surface area contributed by atoms with E-state index in [1.807, 2.05) is 78.9 Å². The first kappa shape index (κ1) is 38.8. The second-order valence-electron chi connectivity index (χ2n) is 16.4. The maximum Gasteiger partial charge on any atom is 0.413 e. The zero-order valence-electron chi connectivity index (χ0n) is 34.7. The number of hydrogen-bond acceptors (Lipinski definition) is 3. The van der Waals surface area contributed by atoms with Gasteiger partial charge < -0.3 is 4.57 Å². The van der Waals surface area contributed by atoms with Crippen molar-refractivity contribution in [3.63, 3.8) is 0 Å². The average molecular weight is 815 g/mol. The van der Waals surface area contributed by atoms with E-state index in [0.29, 0.717) is 34.2 Å². The van der Waals surface area contributed by atoms with Gasteiger partial charge in [0.1, 0.15) is 0 Å². The fourth-order valence-electron chi connectivity index (χ4n) is 8.86. The van der Waals surface area contributed by atoms with E-state index < -0.39 is 11.7 Å². The molecule has 0 fully saturated rings. The molecule has 0 aliphatic heterocycles. The first-order valence-corrected chi connectivity index (χ1v) is 20.7. The van der Waals surface area contributed by atoms with E-state index >= 15 is 0 Å². The van der Waals surface area contributed by atoms with Crippen molar-refractivity contribution in [2.24, 2.45) is 0 Å². The highest BCUT2D eigenvalue weighted by Gasteiger charge is 2.35. The third-order valence-electron chi connectivity index (χ3n) is 11.6. The summed E-state index contributed by atoms with van der Waals surface area (Å²) < 4.78 is 44.5. The van der Waals surface area contributed by atoms with Gasteiger partial charge >= 0.3 is 6.18 Å². The maximum absolute atomic E-state index is 14.1. The fraction of sp³-hybridized carbons (Fsp3) is 0.109. The molecule has 62 heavy (non-hydrogen) atoms. The van der Waals surface area contributed by atoms with Gasteiger partial charge in [0, 0.05) is 33.0 Å². The van der Waals surface area contributed by atoms with E-state index in [4.69, 9.17) is 15.0 Å². The Morgan fingerprint density at radius 3 is 1.39 bits per heavy atom. The highest BCUT2D eigenvalue weighted by Crippen LogP contribution is 2.42. The Morgan fingerprint density at radius 2 is 0.919 bits per heavy atom.